The molecule has 8 rings (SSSR count). The second kappa shape index (κ2) is 54.1. The van der Waals surface area contributed by atoms with Gasteiger partial charge in [0.25, 0.3) is 0 Å². The SMILES string of the molecule is CC(C)(C)C(=O)[C@H](O)[C@@H](O)[C@H](O)[C@H](O)CO.CC1OC(CO)[C@@H](O)[C@H](O)C1O.CC1OC(CO)[C@@H](O)[C@H](O)C1O.CC1OC(CO)[C@@H](O[C@@H]2OC(CO)[C@H](O)[C@H](O)C2O)[C@H](O)C1O.CC1OC(CO)[C@@H](O[C@H]2OC(CO)[C@@H](O)[C@H](O)C2O)[C@H](O)C1O.CC1OC(CO)[C@H](O)[C@H](O)C1O.CC[C@H]1OC(O[C@@H]([C@H](O)[C@@H](O)C(=O)C(C)(C)C)[C@H](O)CO)[C@H](O)[C@@H](O)[C@H]1O. The van der Waals surface area contributed by atoms with E-state index in [2.05, 4.69) is 0 Å². The van der Waals surface area contributed by atoms with Crippen LogP contribution in [0.5, 0.6) is 0 Å². The quantitative estimate of drug-likeness (QED) is 0.0427. The van der Waals surface area contributed by atoms with Crippen molar-refractivity contribution >= 4 is 11.6 Å². The van der Waals surface area contributed by atoms with Gasteiger partial charge in [-0.3, -0.25) is 9.59 Å². The van der Waals surface area contributed by atoms with E-state index in [0.29, 0.717) is 0 Å². The molecule has 0 aromatic rings. The summed E-state index contributed by atoms with van der Waals surface area (Å²) in [6.07, 6.45) is -62.4. The Balaban J connectivity index is 0.000000505. The number of carbonyl (C=O) groups is 2. The molecule has 744 valence electrons. The molecule has 8 saturated heterocycles. The van der Waals surface area contributed by atoms with E-state index in [1.54, 1.807) is 48.5 Å². The average molecular weight is 1850 g/mol. The summed E-state index contributed by atoms with van der Waals surface area (Å²) in [6.45, 7) is 13.6. The highest BCUT2D eigenvalue weighted by atomic mass is 16.7. The monoisotopic (exact) mass is 1850 g/mol. The zero-order valence-corrected chi connectivity index (χ0v) is 71.1. The lowest BCUT2D eigenvalue weighted by Crippen LogP contribution is -2.64. The minimum Gasteiger partial charge on any atom is -0.394 e. The van der Waals surface area contributed by atoms with Crippen molar-refractivity contribution in [3.05, 3.63) is 0 Å². The number of aliphatic hydroxyl groups is 38. The molecule has 51 heteroatoms. The van der Waals surface area contributed by atoms with Gasteiger partial charge in [-0.2, -0.15) is 0 Å². The van der Waals surface area contributed by atoms with Gasteiger partial charge in [0.15, 0.2) is 30.4 Å². The first-order chi connectivity index (χ1) is 57.8. The predicted octanol–water partition coefficient (Wildman–Crippen LogP) is -19.8. The highest BCUT2D eigenvalue weighted by molar-refractivity contribution is 5.88. The number of ether oxygens (including phenoxy) is 11. The molecule has 8 aliphatic rings. The van der Waals surface area contributed by atoms with Gasteiger partial charge in [0.05, 0.1) is 96.1 Å². The molecule has 0 amide bonds. The molecule has 51 nitrogen and oxygen atoms in total. The van der Waals surface area contributed by atoms with Crippen molar-refractivity contribution in [3.63, 3.8) is 0 Å². The molecule has 0 aromatic carbocycles. The van der Waals surface area contributed by atoms with E-state index in [9.17, 15) is 168 Å². The molecule has 125 heavy (non-hydrogen) atoms. The Labute approximate surface area is 718 Å². The Bertz CT molecular complexity index is 2780. The lowest BCUT2D eigenvalue weighted by molar-refractivity contribution is -0.341. The Morgan fingerprint density at radius 2 is 0.496 bits per heavy atom. The van der Waals surface area contributed by atoms with Crippen LogP contribution >= 0.6 is 0 Å². The van der Waals surface area contributed by atoms with Gasteiger partial charge in [-0.05, 0) is 41.0 Å². The minimum atomic E-state index is -1.95. The van der Waals surface area contributed by atoms with Crippen LogP contribution in [0.15, 0.2) is 0 Å². The topological polar surface area (TPSA) is 904 Å². The first kappa shape index (κ1) is 118. The summed E-state index contributed by atoms with van der Waals surface area (Å²) >= 11 is 0. The maximum absolute atomic E-state index is 12.2. The molecule has 0 bridgehead atoms. The van der Waals surface area contributed by atoms with E-state index in [0.717, 1.165) is 0 Å². The van der Waals surface area contributed by atoms with E-state index in [1.807, 2.05) is 0 Å². The fourth-order valence-electron chi connectivity index (χ4n) is 13.3. The fourth-order valence-corrected chi connectivity index (χ4v) is 13.3. The van der Waals surface area contributed by atoms with Crippen LogP contribution in [0.4, 0.5) is 0 Å². The molecule has 38 N–H and O–H groups in total. The van der Waals surface area contributed by atoms with Crippen LogP contribution in [0, 0.1) is 10.8 Å². The number of rotatable bonds is 24. The van der Waals surface area contributed by atoms with Crippen LogP contribution < -0.4 is 0 Å². The molecule has 8 heterocycles. The summed E-state index contributed by atoms with van der Waals surface area (Å²) in [4.78, 5) is 23.8. The standard InChI is InChI=1S/C17H32O10.2C13H24O10.C10H20O6.3C7H14O5/c1-5-8-9(20)10(21)13(24)16(26-8)27-14(7(19)6-18)11(22)12(23)15(25)17(2,3)4;2*1-4-7(16)10(19)12(6(3-15)21-4)23-13-11(20)9(18)8(17)5(2-14)22-13;1-10(2,3)9(16)8(15)7(14)6(13)5(12)4-11;3*1-3-5(9)7(11)6(10)4(2-8)12-3/h7-14,16,18-24H,5-6H2,1-4H3;2*4-20H,2-3H2,1H3;5-8,11-15H,4H2,1-3H3;3*3-11H,2H2,1H3/t7-,8-,9+,10+,11-,12-,13-,14-,16?;4?,5?,6?,7?,8-,9+,10-,11?,12-,13-;4?,5?,6?,7?,8-,9-,10+,11?,12+,13-;5-,6-,7+,8-;3?,4?,5?,6-,7+;2*3?,4?,5?,6-,7-/m1101011/s1. The van der Waals surface area contributed by atoms with Crippen LogP contribution in [-0.2, 0) is 61.7 Å². The smallest absolute Gasteiger partial charge is 0.187 e. The number of aliphatic hydroxyl groups excluding tert-OH is 38. The summed E-state index contributed by atoms with van der Waals surface area (Å²) in [5.41, 5.74) is -1.87. The fraction of sp³-hybridized carbons (Fsp3) is 0.973. The van der Waals surface area contributed by atoms with Crippen molar-refractivity contribution in [2.75, 3.05) is 59.5 Å². The maximum Gasteiger partial charge on any atom is 0.187 e. The molecular weight excluding hydrogens is 1700 g/mol. The summed E-state index contributed by atoms with van der Waals surface area (Å²) in [5, 5.41) is 360. The second-order valence-electron chi connectivity index (χ2n) is 33.4. The molecule has 0 saturated carbocycles. The molecule has 8 aliphatic heterocycles. The Morgan fingerprint density at radius 1 is 0.272 bits per heavy atom. The van der Waals surface area contributed by atoms with Crippen molar-refractivity contribution in [2.24, 2.45) is 10.8 Å². The van der Waals surface area contributed by atoms with Crippen LogP contribution in [-0.4, -0.2) is 559 Å². The van der Waals surface area contributed by atoms with E-state index >= 15 is 0 Å². The van der Waals surface area contributed by atoms with E-state index in [4.69, 9.17) is 87.9 Å². The molecule has 0 aromatic heterocycles. The van der Waals surface area contributed by atoms with E-state index in [-0.39, 0.29) is 26.2 Å². The van der Waals surface area contributed by atoms with E-state index < -0.39 is 356 Å². The third-order valence-electron chi connectivity index (χ3n) is 21.7. The lowest BCUT2D eigenvalue weighted by Gasteiger charge is -2.45. The van der Waals surface area contributed by atoms with Crippen molar-refractivity contribution in [1.82, 2.24) is 0 Å². The van der Waals surface area contributed by atoms with Gasteiger partial charge < -0.3 is 246 Å². The number of hydrogen-bond acceptors (Lipinski definition) is 51. The third kappa shape index (κ3) is 31.8. The summed E-state index contributed by atoms with van der Waals surface area (Å²) in [6, 6.07) is 0. The molecule has 48 atom stereocenters. The van der Waals surface area contributed by atoms with Crippen LogP contribution in [0.25, 0.3) is 0 Å². The first-order valence-corrected chi connectivity index (χ1v) is 40.3. The highest BCUT2D eigenvalue weighted by Crippen LogP contribution is 2.34. The molecule has 8 fully saturated rings. The average Bonchev–Trinajstić information content (AvgIpc) is 0.793. The maximum atomic E-state index is 12.2. The largest absolute Gasteiger partial charge is 0.394 e. The molecule has 0 radical (unpaired) electrons. The van der Waals surface area contributed by atoms with Gasteiger partial charge in [-0.25, -0.2) is 0 Å². The van der Waals surface area contributed by atoms with E-state index in [1.165, 1.54) is 34.6 Å². The van der Waals surface area contributed by atoms with Gasteiger partial charge in [0.2, 0.25) is 0 Å². The molecule has 0 aliphatic carbocycles. The van der Waals surface area contributed by atoms with Gasteiger partial charge in [-0.15, -0.1) is 0 Å². The highest BCUT2D eigenvalue weighted by Gasteiger charge is 2.54. The Kier molecular flexibility index (Phi) is 51.2. The van der Waals surface area contributed by atoms with Crippen molar-refractivity contribution < 1.29 is 256 Å². The number of carbonyl (C=O) groups excluding carboxylic acids is 2. The zero-order valence-electron chi connectivity index (χ0n) is 71.1. The molecule has 0 spiro atoms. The predicted molar refractivity (Wildman–Crippen MR) is 409 cm³/mol. The Morgan fingerprint density at radius 3 is 0.752 bits per heavy atom. The van der Waals surface area contributed by atoms with Gasteiger partial charge in [0.1, 0.15) is 238 Å². The minimum absolute atomic E-state index is 0.270. The second-order valence-corrected chi connectivity index (χ2v) is 33.4. The zero-order chi connectivity index (χ0) is 96.7. The number of ketones is 2. The first-order valence-electron chi connectivity index (χ1n) is 40.3. The van der Waals surface area contributed by atoms with Crippen LogP contribution in [0.1, 0.15) is 89.5 Å². The van der Waals surface area contributed by atoms with Crippen molar-refractivity contribution in [1.29, 1.82) is 0 Å². The van der Waals surface area contributed by atoms with Gasteiger partial charge in [-0.1, -0.05) is 48.5 Å². The van der Waals surface area contributed by atoms with Crippen molar-refractivity contribution in [2.45, 2.75) is 383 Å². The van der Waals surface area contributed by atoms with Crippen LogP contribution in [0.2, 0.25) is 0 Å². The normalized spacial score (nSPS) is 43.1. The third-order valence-corrected chi connectivity index (χ3v) is 21.7. The Hall–Kier alpha value is -2.62. The number of Topliss-reactive ketones (excluding diaryl/α,β-unsaturated/α-hetero) is 2. The summed E-state index contributed by atoms with van der Waals surface area (Å²) in [5.74, 6) is -1.37. The van der Waals surface area contributed by atoms with Gasteiger partial charge >= 0.3 is 0 Å². The number of hydrogen-bond donors (Lipinski definition) is 38. The summed E-state index contributed by atoms with van der Waals surface area (Å²) < 4.78 is 57.5. The lowest BCUT2D eigenvalue weighted by atomic mass is 9.84. The molecular formula is C74H142O51. The molecule has 20 unspecified atom stereocenters. The summed E-state index contributed by atoms with van der Waals surface area (Å²) in [7, 11) is 0. The van der Waals surface area contributed by atoms with Crippen molar-refractivity contribution in [3.8, 4) is 0 Å². The van der Waals surface area contributed by atoms with Crippen LogP contribution in [0.3, 0.4) is 0 Å². The van der Waals surface area contributed by atoms with Gasteiger partial charge in [0, 0.05) is 10.8 Å².